The van der Waals surface area contributed by atoms with Gasteiger partial charge in [-0.25, -0.2) is 0 Å². The molecule has 1 unspecified atom stereocenters. The molecule has 0 bridgehead atoms. The van der Waals surface area contributed by atoms with Gasteiger partial charge >= 0.3 is 0 Å². The fourth-order valence-corrected chi connectivity index (χ4v) is 1.28. The number of aromatic nitrogens is 2. The van der Waals surface area contributed by atoms with E-state index >= 15 is 0 Å². The van der Waals surface area contributed by atoms with Crippen molar-refractivity contribution in [3.8, 4) is 0 Å². The standard InChI is InChI=1S/C12H12N2O2/c15-12(11-4-2-6-14-8-11)16-9-10-3-1-5-13-7-10/h1-8,12,15H,9H2. The first-order chi connectivity index (χ1) is 7.86. The molecule has 2 rings (SSSR count). The zero-order valence-corrected chi connectivity index (χ0v) is 8.65. The van der Waals surface area contributed by atoms with Crippen molar-refractivity contribution in [2.24, 2.45) is 0 Å². The van der Waals surface area contributed by atoms with E-state index in [4.69, 9.17) is 4.74 Å². The number of hydrogen-bond donors (Lipinski definition) is 1. The molecule has 0 spiro atoms. The minimum Gasteiger partial charge on any atom is -0.364 e. The quantitative estimate of drug-likeness (QED) is 0.790. The van der Waals surface area contributed by atoms with Crippen LogP contribution in [0.15, 0.2) is 49.1 Å². The van der Waals surface area contributed by atoms with Gasteiger partial charge in [0.1, 0.15) is 0 Å². The fraction of sp³-hybridized carbons (Fsp3) is 0.167. The lowest BCUT2D eigenvalue weighted by atomic mass is 10.3. The lowest BCUT2D eigenvalue weighted by molar-refractivity contribution is -0.112. The van der Waals surface area contributed by atoms with Crippen LogP contribution in [0.5, 0.6) is 0 Å². The predicted molar refractivity (Wildman–Crippen MR) is 58.2 cm³/mol. The summed E-state index contributed by atoms with van der Waals surface area (Å²) >= 11 is 0. The van der Waals surface area contributed by atoms with Crippen molar-refractivity contribution in [2.45, 2.75) is 12.9 Å². The van der Waals surface area contributed by atoms with Gasteiger partial charge < -0.3 is 9.84 Å². The summed E-state index contributed by atoms with van der Waals surface area (Å²) < 4.78 is 5.29. The summed E-state index contributed by atoms with van der Waals surface area (Å²) in [7, 11) is 0. The van der Waals surface area contributed by atoms with Crippen LogP contribution in [0, 0.1) is 0 Å². The first-order valence-corrected chi connectivity index (χ1v) is 4.95. The maximum atomic E-state index is 9.70. The molecule has 0 aliphatic carbocycles. The Hall–Kier alpha value is -1.78. The lowest BCUT2D eigenvalue weighted by Crippen LogP contribution is -2.03. The Bertz CT molecular complexity index is 420. The summed E-state index contributed by atoms with van der Waals surface area (Å²) in [4.78, 5) is 7.87. The number of hydrogen-bond acceptors (Lipinski definition) is 4. The highest BCUT2D eigenvalue weighted by molar-refractivity contribution is 5.10. The van der Waals surface area contributed by atoms with E-state index in [0.29, 0.717) is 12.2 Å². The Kier molecular flexibility index (Phi) is 3.58. The van der Waals surface area contributed by atoms with E-state index in [1.54, 1.807) is 36.9 Å². The molecule has 0 aliphatic heterocycles. The maximum Gasteiger partial charge on any atom is 0.183 e. The molecule has 1 N–H and O–H groups in total. The van der Waals surface area contributed by atoms with E-state index in [1.165, 1.54) is 0 Å². The third kappa shape index (κ3) is 2.85. The molecule has 4 nitrogen and oxygen atoms in total. The predicted octanol–water partition coefficient (Wildman–Crippen LogP) is 1.68. The Balaban J connectivity index is 1.92. The van der Waals surface area contributed by atoms with Crippen LogP contribution in [0.1, 0.15) is 17.4 Å². The third-order valence-corrected chi connectivity index (χ3v) is 2.10. The van der Waals surface area contributed by atoms with Crippen molar-refractivity contribution >= 4 is 0 Å². The lowest BCUT2D eigenvalue weighted by Gasteiger charge is -2.11. The average Bonchev–Trinajstić information content (AvgIpc) is 2.38. The van der Waals surface area contributed by atoms with Crippen molar-refractivity contribution in [2.75, 3.05) is 0 Å². The summed E-state index contributed by atoms with van der Waals surface area (Å²) in [5.41, 5.74) is 1.57. The van der Waals surface area contributed by atoms with E-state index in [-0.39, 0.29) is 0 Å². The second kappa shape index (κ2) is 5.34. The number of aliphatic hydroxyl groups is 1. The van der Waals surface area contributed by atoms with Gasteiger partial charge in [0.05, 0.1) is 6.61 Å². The van der Waals surface area contributed by atoms with Gasteiger partial charge in [0.25, 0.3) is 0 Å². The highest BCUT2D eigenvalue weighted by atomic mass is 16.6. The van der Waals surface area contributed by atoms with E-state index in [1.807, 2.05) is 12.1 Å². The smallest absolute Gasteiger partial charge is 0.183 e. The summed E-state index contributed by atoms with van der Waals surface area (Å²) in [6, 6.07) is 7.24. The molecule has 0 radical (unpaired) electrons. The van der Waals surface area contributed by atoms with Crippen LogP contribution in [-0.4, -0.2) is 15.1 Å². The van der Waals surface area contributed by atoms with Crippen molar-refractivity contribution < 1.29 is 9.84 Å². The normalized spacial score (nSPS) is 12.3. The first-order valence-electron chi connectivity index (χ1n) is 4.95. The number of ether oxygens (including phenoxy) is 1. The second-order valence-electron chi connectivity index (χ2n) is 3.31. The van der Waals surface area contributed by atoms with E-state index in [9.17, 15) is 5.11 Å². The van der Waals surface area contributed by atoms with Crippen LogP contribution in [0.25, 0.3) is 0 Å². The molecule has 4 heteroatoms. The van der Waals surface area contributed by atoms with Crippen molar-refractivity contribution in [1.29, 1.82) is 0 Å². The molecule has 2 aromatic rings. The Labute approximate surface area is 93.6 Å². The maximum absolute atomic E-state index is 9.70. The molecule has 0 fully saturated rings. The second-order valence-corrected chi connectivity index (χ2v) is 3.31. The van der Waals surface area contributed by atoms with Crippen molar-refractivity contribution in [3.63, 3.8) is 0 Å². The zero-order valence-electron chi connectivity index (χ0n) is 8.65. The molecule has 2 aromatic heterocycles. The molecule has 0 saturated carbocycles. The number of pyridine rings is 2. The van der Waals surface area contributed by atoms with Crippen molar-refractivity contribution in [3.05, 3.63) is 60.2 Å². The van der Waals surface area contributed by atoms with Crippen LogP contribution < -0.4 is 0 Å². The molecular formula is C12H12N2O2. The molecular weight excluding hydrogens is 204 g/mol. The van der Waals surface area contributed by atoms with Gasteiger partial charge in [-0.2, -0.15) is 0 Å². The van der Waals surface area contributed by atoms with Gasteiger partial charge in [-0.3, -0.25) is 9.97 Å². The summed E-state index contributed by atoms with van der Waals surface area (Å²) in [6.07, 6.45) is 5.68. The van der Waals surface area contributed by atoms with Crippen LogP contribution in [0.2, 0.25) is 0 Å². The Morgan fingerprint density at radius 2 is 1.88 bits per heavy atom. The molecule has 0 aromatic carbocycles. The van der Waals surface area contributed by atoms with Gasteiger partial charge in [-0.1, -0.05) is 12.1 Å². The van der Waals surface area contributed by atoms with Crippen LogP contribution in [0.3, 0.4) is 0 Å². The average molecular weight is 216 g/mol. The molecule has 16 heavy (non-hydrogen) atoms. The summed E-state index contributed by atoms with van der Waals surface area (Å²) in [5.74, 6) is 0. The van der Waals surface area contributed by atoms with Gasteiger partial charge in [0.15, 0.2) is 6.29 Å². The Morgan fingerprint density at radius 3 is 2.50 bits per heavy atom. The zero-order chi connectivity index (χ0) is 11.2. The van der Waals surface area contributed by atoms with Crippen LogP contribution >= 0.6 is 0 Å². The van der Waals surface area contributed by atoms with Gasteiger partial charge in [-0.15, -0.1) is 0 Å². The third-order valence-electron chi connectivity index (χ3n) is 2.10. The number of rotatable bonds is 4. The van der Waals surface area contributed by atoms with Crippen LogP contribution in [-0.2, 0) is 11.3 Å². The molecule has 2 heterocycles. The van der Waals surface area contributed by atoms with E-state index in [0.717, 1.165) is 5.56 Å². The van der Waals surface area contributed by atoms with Gasteiger partial charge in [0, 0.05) is 30.4 Å². The van der Waals surface area contributed by atoms with E-state index < -0.39 is 6.29 Å². The summed E-state index contributed by atoms with van der Waals surface area (Å²) in [5, 5.41) is 9.70. The van der Waals surface area contributed by atoms with E-state index in [2.05, 4.69) is 9.97 Å². The molecule has 0 aliphatic rings. The van der Waals surface area contributed by atoms with Crippen molar-refractivity contribution in [1.82, 2.24) is 9.97 Å². The largest absolute Gasteiger partial charge is 0.364 e. The fourth-order valence-electron chi connectivity index (χ4n) is 1.28. The monoisotopic (exact) mass is 216 g/mol. The SMILES string of the molecule is OC(OCc1cccnc1)c1cccnc1. The highest BCUT2D eigenvalue weighted by Crippen LogP contribution is 2.14. The first kappa shape index (κ1) is 10.7. The summed E-state index contributed by atoms with van der Waals surface area (Å²) in [6.45, 7) is 0.323. The molecule has 0 saturated heterocycles. The minimum atomic E-state index is -0.950. The Morgan fingerprint density at radius 1 is 1.12 bits per heavy atom. The highest BCUT2D eigenvalue weighted by Gasteiger charge is 2.07. The van der Waals surface area contributed by atoms with Crippen LogP contribution in [0.4, 0.5) is 0 Å². The topological polar surface area (TPSA) is 55.2 Å². The van der Waals surface area contributed by atoms with Gasteiger partial charge in [0.2, 0.25) is 0 Å². The van der Waals surface area contributed by atoms with Gasteiger partial charge in [-0.05, 0) is 17.7 Å². The number of nitrogens with zero attached hydrogens (tertiary/aromatic N) is 2. The molecule has 0 amide bonds. The minimum absolute atomic E-state index is 0.323. The molecule has 1 atom stereocenters. The molecule has 82 valence electrons. The number of aliphatic hydroxyl groups excluding tert-OH is 1.